The van der Waals surface area contributed by atoms with E-state index in [0.29, 0.717) is 0 Å². The van der Waals surface area contributed by atoms with Gasteiger partial charge in [0.1, 0.15) is 4.90 Å². The third-order valence-electron chi connectivity index (χ3n) is 2.43. The molecule has 0 saturated heterocycles. The summed E-state index contributed by atoms with van der Waals surface area (Å²) in [5.74, 6) is 0. The molecule has 0 fully saturated rings. The number of sulfonamides is 1. The molecule has 2 N–H and O–H groups in total. The van der Waals surface area contributed by atoms with Crippen molar-refractivity contribution in [3.63, 3.8) is 0 Å². The van der Waals surface area contributed by atoms with Gasteiger partial charge in [-0.3, -0.25) is 9.52 Å². The van der Waals surface area contributed by atoms with E-state index in [4.69, 9.17) is 0 Å². The predicted molar refractivity (Wildman–Crippen MR) is 75.2 cm³/mol. The van der Waals surface area contributed by atoms with Gasteiger partial charge in [-0.1, -0.05) is 0 Å². The van der Waals surface area contributed by atoms with Gasteiger partial charge in [0.05, 0.1) is 11.9 Å². The molecule has 2 aromatic heterocycles. The summed E-state index contributed by atoms with van der Waals surface area (Å²) in [4.78, 5) is 16.7. The first-order chi connectivity index (χ1) is 9.68. The highest BCUT2D eigenvalue weighted by Crippen LogP contribution is 2.15. The van der Waals surface area contributed by atoms with Crippen molar-refractivity contribution in [2.24, 2.45) is 0 Å². The Morgan fingerprint density at radius 3 is 2.29 bits per heavy atom. The van der Waals surface area contributed by atoms with Crippen molar-refractivity contribution in [1.29, 1.82) is 0 Å². The third kappa shape index (κ3) is 3.67. The molecule has 0 bridgehead atoms. The van der Waals surface area contributed by atoms with E-state index in [1.54, 1.807) is 0 Å². The first kappa shape index (κ1) is 15.2. The number of sulfone groups is 1. The zero-order valence-electron chi connectivity index (χ0n) is 10.8. The maximum absolute atomic E-state index is 12.0. The van der Waals surface area contributed by atoms with Gasteiger partial charge >= 0.3 is 0 Å². The smallest absolute Gasteiger partial charge is 0.263 e. The molecular formula is C11H11N3O5S2. The number of H-pyrrole nitrogens is 1. The van der Waals surface area contributed by atoms with E-state index in [1.165, 1.54) is 12.1 Å². The van der Waals surface area contributed by atoms with Gasteiger partial charge in [-0.2, -0.15) is 0 Å². The minimum absolute atomic E-state index is 0.105. The number of hydrogen-bond donors (Lipinski definition) is 2. The Kier molecular flexibility index (Phi) is 3.83. The van der Waals surface area contributed by atoms with Crippen LogP contribution in [0.3, 0.4) is 0 Å². The molecule has 10 heteroatoms. The molecule has 0 amide bonds. The van der Waals surface area contributed by atoms with Crippen molar-refractivity contribution in [2.45, 2.75) is 9.92 Å². The summed E-state index contributed by atoms with van der Waals surface area (Å²) in [5.41, 5.74) is -0.318. The molecule has 0 radical (unpaired) electrons. The fourth-order valence-electron chi connectivity index (χ4n) is 1.44. The second kappa shape index (κ2) is 5.30. The highest BCUT2D eigenvalue weighted by atomic mass is 32.2. The van der Waals surface area contributed by atoms with E-state index in [-0.39, 0.29) is 15.6 Å². The molecule has 8 nitrogen and oxygen atoms in total. The zero-order chi connectivity index (χ0) is 15.7. The van der Waals surface area contributed by atoms with Gasteiger partial charge in [0.25, 0.3) is 10.0 Å². The van der Waals surface area contributed by atoms with Crippen LogP contribution in [0.2, 0.25) is 0 Å². The molecule has 0 saturated carbocycles. The van der Waals surface area contributed by atoms with Crippen LogP contribution >= 0.6 is 0 Å². The van der Waals surface area contributed by atoms with Gasteiger partial charge in [0, 0.05) is 18.5 Å². The Bertz CT molecular complexity index is 895. The second-order valence-corrected chi connectivity index (χ2v) is 7.80. The number of aromatic amines is 1. The number of anilines is 1. The number of aromatic nitrogens is 2. The molecule has 0 aromatic carbocycles. The maximum atomic E-state index is 12.0. The van der Waals surface area contributed by atoms with Gasteiger partial charge in [-0.05, 0) is 18.2 Å². The minimum atomic E-state index is -3.89. The standard InChI is InChI=1S/C11H11N3O5S2/c1-20(16,17)11-5-2-8(6-13-11)14-21(18,19)9-3-4-10(15)12-7-9/h2-7,14H,1H3,(H,12,15). The van der Waals surface area contributed by atoms with Gasteiger partial charge in [0.15, 0.2) is 14.9 Å². The Morgan fingerprint density at radius 2 is 1.81 bits per heavy atom. The number of rotatable bonds is 4. The average Bonchev–Trinajstić information content (AvgIpc) is 2.38. The van der Waals surface area contributed by atoms with Gasteiger partial charge in [0.2, 0.25) is 5.56 Å². The molecule has 0 aliphatic carbocycles. The minimum Gasteiger partial charge on any atom is -0.328 e. The van der Waals surface area contributed by atoms with Crippen LogP contribution in [0, 0.1) is 0 Å². The quantitative estimate of drug-likeness (QED) is 0.811. The first-order valence-electron chi connectivity index (χ1n) is 5.56. The van der Waals surface area contributed by atoms with E-state index >= 15 is 0 Å². The summed E-state index contributed by atoms with van der Waals surface area (Å²) in [5, 5.41) is -0.158. The van der Waals surface area contributed by atoms with E-state index in [1.807, 2.05) is 0 Å². The van der Waals surface area contributed by atoms with Crippen LogP contribution in [0.15, 0.2) is 51.4 Å². The SMILES string of the molecule is CS(=O)(=O)c1ccc(NS(=O)(=O)c2ccc(=O)[nH]c2)cn1. The lowest BCUT2D eigenvalue weighted by molar-refractivity contribution is 0.598. The fraction of sp³-hybridized carbons (Fsp3) is 0.0909. The highest BCUT2D eigenvalue weighted by molar-refractivity contribution is 7.92. The number of nitrogens with zero attached hydrogens (tertiary/aromatic N) is 1. The van der Waals surface area contributed by atoms with E-state index in [0.717, 1.165) is 30.8 Å². The molecule has 2 aromatic rings. The fourth-order valence-corrected chi connectivity index (χ4v) is 3.01. The monoisotopic (exact) mass is 329 g/mol. The van der Waals surface area contributed by atoms with Crippen LogP contribution in [0.5, 0.6) is 0 Å². The molecule has 0 aliphatic heterocycles. The van der Waals surface area contributed by atoms with Crippen molar-refractivity contribution in [2.75, 3.05) is 11.0 Å². The zero-order valence-corrected chi connectivity index (χ0v) is 12.4. The molecule has 0 unspecified atom stereocenters. The summed E-state index contributed by atoms with van der Waals surface area (Å²) in [7, 11) is -7.34. The van der Waals surface area contributed by atoms with Crippen LogP contribution < -0.4 is 10.3 Å². The van der Waals surface area contributed by atoms with E-state index in [9.17, 15) is 21.6 Å². The molecular weight excluding hydrogens is 318 g/mol. The van der Waals surface area contributed by atoms with Crippen molar-refractivity contribution < 1.29 is 16.8 Å². The normalized spacial score (nSPS) is 12.0. The Balaban J connectivity index is 2.29. The third-order valence-corrected chi connectivity index (χ3v) is 4.81. The summed E-state index contributed by atoms with van der Waals surface area (Å²) in [6, 6.07) is 4.71. The Labute approximate surface area is 120 Å². The number of pyridine rings is 2. The molecule has 0 atom stereocenters. The lowest BCUT2D eigenvalue weighted by Gasteiger charge is -2.07. The molecule has 0 spiro atoms. The van der Waals surface area contributed by atoms with Crippen molar-refractivity contribution >= 4 is 25.5 Å². The van der Waals surface area contributed by atoms with Crippen LogP contribution in [-0.2, 0) is 19.9 Å². The molecule has 21 heavy (non-hydrogen) atoms. The Morgan fingerprint density at radius 1 is 1.10 bits per heavy atom. The van der Waals surface area contributed by atoms with Crippen LogP contribution in [0.25, 0.3) is 0 Å². The second-order valence-electron chi connectivity index (χ2n) is 4.15. The summed E-state index contributed by atoms with van der Waals surface area (Å²) < 4.78 is 48.8. The molecule has 112 valence electrons. The largest absolute Gasteiger partial charge is 0.328 e. The average molecular weight is 329 g/mol. The lowest BCUT2D eigenvalue weighted by atomic mass is 10.4. The van der Waals surface area contributed by atoms with Crippen LogP contribution in [0.1, 0.15) is 0 Å². The molecule has 0 aliphatic rings. The van der Waals surface area contributed by atoms with E-state index in [2.05, 4.69) is 14.7 Å². The molecule has 2 rings (SSSR count). The summed E-state index contributed by atoms with van der Waals surface area (Å²) in [6.45, 7) is 0. The molecule has 2 heterocycles. The highest BCUT2D eigenvalue weighted by Gasteiger charge is 2.15. The van der Waals surface area contributed by atoms with E-state index < -0.39 is 25.4 Å². The van der Waals surface area contributed by atoms with Crippen molar-refractivity contribution in [1.82, 2.24) is 9.97 Å². The summed E-state index contributed by atoms with van der Waals surface area (Å²) >= 11 is 0. The first-order valence-corrected chi connectivity index (χ1v) is 8.94. The van der Waals surface area contributed by atoms with Gasteiger partial charge < -0.3 is 4.98 Å². The lowest BCUT2D eigenvalue weighted by Crippen LogP contribution is -2.15. The van der Waals surface area contributed by atoms with Gasteiger partial charge in [-0.15, -0.1) is 0 Å². The summed E-state index contributed by atoms with van der Waals surface area (Å²) in [6.07, 6.45) is 3.15. The predicted octanol–water partition coefficient (Wildman–Crippen LogP) is -0.0258. The topological polar surface area (TPSA) is 126 Å². The van der Waals surface area contributed by atoms with Crippen molar-refractivity contribution in [3.8, 4) is 0 Å². The number of nitrogens with one attached hydrogen (secondary N) is 2. The maximum Gasteiger partial charge on any atom is 0.263 e. The van der Waals surface area contributed by atoms with Crippen LogP contribution in [0.4, 0.5) is 5.69 Å². The van der Waals surface area contributed by atoms with Crippen molar-refractivity contribution in [3.05, 3.63) is 47.0 Å². The Hall–Kier alpha value is -2.20. The van der Waals surface area contributed by atoms with Crippen LogP contribution in [-0.4, -0.2) is 33.1 Å². The number of hydrogen-bond acceptors (Lipinski definition) is 6. The van der Waals surface area contributed by atoms with Gasteiger partial charge in [-0.25, -0.2) is 21.8 Å².